The van der Waals surface area contributed by atoms with Gasteiger partial charge in [0.25, 0.3) is 0 Å². The molecule has 1 aromatic rings. The van der Waals surface area contributed by atoms with Crippen LogP contribution in [0.3, 0.4) is 0 Å². The molecule has 0 unspecified atom stereocenters. The van der Waals surface area contributed by atoms with Crippen LogP contribution in [0.4, 0.5) is 24.8 Å². The lowest BCUT2D eigenvalue weighted by Crippen LogP contribution is -2.20. The third-order valence-corrected chi connectivity index (χ3v) is 4.79. The van der Waals surface area contributed by atoms with Crippen molar-refractivity contribution in [1.29, 1.82) is 0 Å². The highest BCUT2D eigenvalue weighted by molar-refractivity contribution is 8.00. The van der Waals surface area contributed by atoms with Crippen LogP contribution in [0.2, 0.25) is 0 Å². The minimum absolute atomic E-state index is 0.153. The Balaban J connectivity index is 2.14. The fourth-order valence-electron chi connectivity index (χ4n) is 1.85. The summed E-state index contributed by atoms with van der Waals surface area (Å²) in [7, 11) is 0. The third-order valence-electron chi connectivity index (χ3n) is 3.37. The molecule has 0 radical (unpaired) electrons. The predicted molar refractivity (Wildman–Crippen MR) is 79.8 cm³/mol. The summed E-state index contributed by atoms with van der Waals surface area (Å²) in [4.78, 5) is 7.11. The Hall–Kier alpha value is -1.18. The fourth-order valence-corrected chi connectivity index (χ4v) is 2.58. The summed E-state index contributed by atoms with van der Waals surface area (Å²) in [6, 6.07) is 1.53. The van der Waals surface area contributed by atoms with Crippen LogP contribution >= 0.6 is 11.8 Å². The summed E-state index contributed by atoms with van der Waals surface area (Å²) in [5, 5.41) is 5.89. The zero-order valence-corrected chi connectivity index (χ0v) is 12.9. The Morgan fingerprint density at radius 3 is 2.33 bits per heavy atom. The highest BCUT2D eigenvalue weighted by Gasteiger charge is 2.42. The maximum absolute atomic E-state index is 12.8. The molecule has 0 saturated heterocycles. The van der Waals surface area contributed by atoms with E-state index in [-0.39, 0.29) is 16.4 Å². The molecule has 8 heteroatoms. The molecule has 0 aromatic carbocycles. The highest BCUT2D eigenvalue weighted by Crippen LogP contribution is 2.47. The number of hydrogen-bond donors (Lipinski definition) is 2. The molecular formula is C13H19F3N4S. The molecule has 1 heterocycles. The number of alkyl halides is 3. The van der Waals surface area contributed by atoms with E-state index in [2.05, 4.69) is 20.6 Å². The van der Waals surface area contributed by atoms with Gasteiger partial charge in [-0.05, 0) is 25.5 Å². The minimum atomic E-state index is -4.54. The van der Waals surface area contributed by atoms with Gasteiger partial charge < -0.3 is 10.6 Å². The molecule has 21 heavy (non-hydrogen) atoms. The SMILES string of the molecule is CCCNc1cc(NCC2(SC)CC2)nc(C(F)(F)F)n1. The van der Waals surface area contributed by atoms with Crippen molar-refractivity contribution in [3.63, 3.8) is 0 Å². The van der Waals surface area contributed by atoms with E-state index in [0.29, 0.717) is 13.1 Å². The number of nitrogens with zero attached hydrogens (tertiary/aromatic N) is 2. The second kappa shape index (κ2) is 6.29. The van der Waals surface area contributed by atoms with Crippen molar-refractivity contribution in [3.05, 3.63) is 11.9 Å². The Kier molecular flexibility index (Phi) is 4.85. The number of anilines is 2. The summed E-state index contributed by atoms with van der Waals surface area (Å²) in [6.45, 7) is 3.13. The zero-order valence-electron chi connectivity index (χ0n) is 12.0. The Labute approximate surface area is 126 Å². The Bertz CT molecular complexity index is 489. The Morgan fingerprint density at radius 1 is 1.24 bits per heavy atom. The lowest BCUT2D eigenvalue weighted by atomic mass is 10.4. The molecule has 1 aromatic heterocycles. The van der Waals surface area contributed by atoms with Gasteiger partial charge in [0.15, 0.2) is 0 Å². The third kappa shape index (κ3) is 4.39. The normalized spacial score (nSPS) is 16.6. The summed E-state index contributed by atoms with van der Waals surface area (Å²) >= 11 is 1.74. The van der Waals surface area contributed by atoms with Gasteiger partial charge in [-0.1, -0.05) is 6.92 Å². The number of halogens is 3. The van der Waals surface area contributed by atoms with Crippen LogP contribution in [0.25, 0.3) is 0 Å². The van der Waals surface area contributed by atoms with Crippen LogP contribution in [0.5, 0.6) is 0 Å². The molecule has 0 aliphatic heterocycles. The molecule has 0 amide bonds. The van der Waals surface area contributed by atoms with E-state index >= 15 is 0 Å². The van der Waals surface area contributed by atoms with Gasteiger partial charge in [0.1, 0.15) is 11.6 Å². The summed E-state index contributed by atoms with van der Waals surface area (Å²) < 4.78 is 38.7. The van der Waals surface area contributed by atoms with Crippen LogP contribution in [0.1, 0.15) is 32.0 Å². The van der Waals surface area contributed by atoms with Gasteiger partial charge in [-0.3, -0.25) is 0 Å². The van der Waals surface area contributed by atoms with E-state index in [1.807, 2.05) is 13.2 Å². The fraction of sp³-hybridized carbons (Fsp3) is 0.692. The van der Waals surface area contributed by atoms with Gasteiger partial charge in [-0.15, -0.1) is 0 Å². The van der Waals surface area contributed by atoms with Crippen molar-refractivity contribution in [2.75, 3.05) is 30.0 Å². The first-order chi connectivity index (χ1) is 9.88. The second-order valence-electron chi connectivity index (χ2n) is 5.13. The van der Waals surface area contributed by atoms with Crippen molar-refractivity contribution >= 4 is 23.4 Å². The van der Waals surface area contributed by atoms with E-state index in [4.69, 9.17) is 0 Å². The van der Waals surface area contributed by atoms with Gasteiger partial charge in [0, 0.05) is 23.9 Å². The molecule has 1 fully saturated rings. The molecule has 1 aliphatic rings. The van der Waals surface area contributed by atoms with Crippen LogP contribution in [0, 0.1) is 0 Å². The summed E-state index contributed by atoms with van der Waals surface area (Å²) in [5.74, 6) is -0.688. The zero-order chi connectivity index (χ0) is 15.5. The van der Waals surface area contributed by atoms with Crippen LogP contribution < -0.4 is 10.6 Å². The van der Waals surface area contributed by atoms with Crippen molar-refractivity contribution in [1.82, 2.24) is 9.97 Å². The maximum atomic E-state index is 12.8. The minimum Gasteiger partial charge on any atom is -0.370 e. The summed E-state index contributed by atoms with van der Waals surface area (Å²) in [6.07, 6.45) is 0.448. The monoisotopic (exact) mass is 320 g/mol. The molecule has 0 atom stereocenters. The van der Waals surface area contributed by atoms with E-state index in [9.17, 15) is 13.2 Å². The topological polar surface area (TPSA) is 49.8 Å². The smallest absolute Gasteiger partial charge is 0.370 e. The van der Waals surface area contributed by atoms with E-state index < -0.39 is 12.0 Å². The van der Waals surface area contributed by atoms with Crippen LogP contribution in [-0.2, 0) is 6.18 Å². The lowest BCUT2D eigenvalue weighted by molar-refractivity contribution is -0.144. The van der Waals surface area contributed by atoms with Gasteiger partial charge in [-0.2, -0.15) is 24.9 Å². The molecule has 2 N–H and O–H groups in total. The molecule has 1 aliphatic carbocycles. The average Bonchev–Trinajstić information content (AvgIpc) is 3.22. The van der Waals surface area contributed by atoms with Gasteiger partial charge in [0.2, 0.25) is 5.82 Å². The van der Waals surface area contributed by atoms with Gasteiger partial charge >= 0.3 is 6.18 Å². The quantitative estimate of drug-likeness (QED) is 0.803. The van der Waals surface area contributed by atoms with Crippen molar-refractivity contribution in [2.24, 2.45) is 0 Å². The van der Waals surface area contributed by atoms with Gasteiger partial charge in [-0.25, -0.2) is 9.97 Å². The highest BCUT2D eigenvalue weighted by atomic mass is 32.2. The molecule has 0 spiro atoms. The van der Waals surface area contributed by atoms with E-state index in [1.54, 1.807) is 11.8 Å². The summed E-state index contributed by atoms with van der Waals surface area (Å²) in [5.41, 5.74) is 0. The van der Waals surface area contributed by atoms with Crippen LogP contribution in [0.15, 0.2) is 6.07 Å². The second-order valence-corrected chi connectivity index (χ2v) is 6.40. The number of rotatable bonds is 7. The molecule has 0 bridgehead atoms. The largest absolute Gasteiger partial charge is 0.451 e. The number of thioether (sulfide) groups is 1. The number of hydrogen-bond acceptors (Lipinski definition) is 5. The van der Waals surface area contributed by atoms with Crippen molar-refractivity contribution < 1.29 is 13.2 Å². The first-order valence-corrected chi connectivity index (χ1v) is 8.10. The Morgan fingerprint density at radius 2 is 1.86 bits per heavy atom. The standard InChI is InChI=1S/C13H19F3N4S/c1-3-6-17-9-7-10(18-8-12(21-2)4-5-12)20-11(19-9)13(14,15)16/h7H,3-6,8H2,1-2H3,(H2,17,18,19,20). The maximum Gasteiger partial charge on any atom is 0.451 e. The van der Waals surface area contributed by atoms with E-state index in [0.717, 1.165) is 19.3 Å². The lowest BCUT2D eigenvalue weighted by Gasteiger charge is -2.16. The first kappa shape index (κ1) is 16.2. The van der Waals surface area contributed by atoms with E-state index in [1.165, 1.54) is 6.07 Å². The number of nitrogens with one attached hydrogen (secondary N) is 2. The van der Waals surface area contributed by atoms with Crippen LogP contribution in [-0.4, -0.2) is 34.1 Å². The molecule has 1 saturated carbocycles. The molecule has 118 valence electrons. The first-order valence-electron chi connectivity index (χ1n) is 6.88. The van der Waals surface area contributed by atoms with Crippen molar-refractivity contribution in [3.8, 4) is 0 Å². The van der Waals surface area contributed by atoms with Gasteiger partial charge in [0.05, 0.1) is 0 Å². The number of aromatic nitrogens is 2. The average molecular weight is 320 g/mol. The van der Waals surface area contributed by atoms with Crippen molar-refractivity contribution in [2.45, 2.75) is 37.1 Å². The molecule has 2 rings (SSSR count). The molecule has 4 nitrogen and oxygen atoms in total. The predicted octanol–water partition coefficient (Wildman–Crippen LogP) is 3.62. The molecular weight excluding hydrogens is 301 g/mol.